The molecule has 3 nitrogen and oxygen atoms in total. The minimum Gasteiger partial charge on any atom is -0.907 e. The fourth-order valence-electron chi connectivity index (χ4n) is 6.23. The quantitative estimate of drug-likeness (QED) is 0.107. The Bertz CT molecular complexity index is 1930. The van der Waals surface area contributed by atoms with Crippen LogP contribution in [0.4, 0.5) is 0 Å². The van der Waals surface area contributed by atoms with Crippen LogP contribution in [0.3, 0.4) is 0 Å². The standard InChI is InChI=1S/3C18H15S.BO3/c3*1-4-10-16(11-5-1)19(17-12-6-2-7-13-17)18-14-8-3-9-15-18;2-1(3)4/h3*1-15H;/q3*+1;-3. The van der Waals surface area contributed by atoms with Crippen molar-refractivity contribution in [2.45, 2.75) is 44.1 Å². The average Bonchev–Trinajstić information content (AvgIpc) is 3.33. The SMILES string of the molecule is [O-]B([O-])[O-].c1ccc([S+](c2ccccc2)c2ccccc2)cc1.c1ccc([S+](c2ccccc2)c2ccccc2)cc1.c1ccc([S+](c2ccccc2)c2ccccc2)cc1. The van der Waals surface area contributed by atoms with E-state index in [2.05, 4.69) is 273 Å². The van der Waals surface area contributed by atoms with Crippen LogP contribution in [0.1, 0.15) is 0 Å². The third-order valence-electron chi connectivity index (χ3n) is 8.81. The van der Waals surface area contributed by atoms with Gasteiger partial charge < -0.3 is 15.1 Å². The molecule has 0 saturated carbocycles. The second kappa shape index (κ2) is 24.9. The van der Waals surface area contributed by atoms with E-state index in [-0.39, 0.29) is 32.7 Å². The smallest absolute Gasteiger partial charge is 0.166 e. The molecule has 0 unspecified atom stereocenters. The fourth-order valence-corrected chi connectivity index (χ4v) is 12.5. The lowest BCUT2D eigenvalue weighted by Crippen LogP contribution is -2.56. The van der Waals surface area contributed by atoms with Crippen molar-refractivity contribution >= 4 is 40.0 Å². The highest BCUT2D eigenvalue weighted by Gasteiger charge is 2.29. The van der Waals surface area contributed by atoms with Crippen molar-refractivity contribution in [2.24, 2.45) is 0 Å². The molecule has 0 aliphatic rings. The van der Waals surface area contributed by atoms with Crippen LogP contribution < -0.4 is 15.1 Å². The van der Waals surface area contributed by atoms with E-state index in [0.29, 0.717) is 0 Å². The Kier molecular flexibility index (Phi) is 18.2. The summed E-state index contributed by atoms with van der Waals surface area (Å²) in [5, 5.41) is 25.2. The summed E-state index contributed by atoms with van der Waals surface area (Å²) in [6, 6.07) is 96.5. The van der Waals surface area contributed by atoms with Gasteiger partial charge in [0.2, 0.25) is 0 Å². The molecular weight excluding hydrogens is 804 g/mol. The minimum atomic E-state index is -2.92. The van der Waals surface area contributed by atoms with Crippen LogP contribution in [0.2, 0.25) is 0 Å². The number of hydrogen-bond donors (Lipinski definition) is 0. The first-order chi connectivity index (χ1) is 30.1. The number of hydrogen-bond acceptors (Lipinski definition) is 3. The van der Waals surface area contributed by atoms with Gasteiger partial charge in [-0.1, -0.05) is 164 Å². The summed E-state index contributed by atoms with van der Waals surface area (Å²) in [7, 11) is -2.96. The maximum atomic E-state index is 8.42. The van der Waals surface area contributed by atoms with Crippen LogP contribution >= 0.6 is 0 Å². The summed E-state index contributed by atoms with van der Waals surface area (Å²) in [5.41, 5.74) is 0. The second-order valence-corrected chi connectivity index (χ2v) is 19.1. The molecule has 0 atom stereocenters. The van der Waals surface area contributed by atoms with Gasteiger partial charge in [0.25, 0.3) is 0 Å². The first-order valence-electron chi connectivity index (χ1n) is 19.7. The maximum Gasteiger partial charge on any atom is 0.166 e. The highest BCUT2D eigenvalue weighted by atomic mass is 32.2. The van der Waals surface area contributed by atoms with E-state index in [1.165, 1.54) is 44.1 Å². The zero-order chi connectivity index (χ0) is 42.3. The Balaban J connectivity index is 0.000000146. The lowest BCUT2D eigenvalue weighted by Gasteiger charge is -2.35. The van der Waals surface area contributed by atoms with Gasteiger partial charge in [-0.05, 0) is 109 Å². The van der Waals surface area contributed by atoms with E-state index in [1.54, 1.807) is 0 Å². The molecule has 0 amide bonds. The summed E-state index contributed by atoms with van der Waals surface area (Å²) in [6.45, 7) is 0. The van der Waals surface area contributed by atoms with Gasteiger partial charge in [-0.25, -0.2) is 0 Å². The van der Waals surface area contributed by atoms with E-state index in [1.807, 2.05) is 0 Å². The molecule has 300 valence electrons. The normalized spacial score (nSPS) is 10.3. The highest BCUT2D eigenvalue weighted by molar-refractivity contribution is 7.97. The van der Waals surface area contributed by atoms with E-state index in [4.69, 9.17) is 15.1 Å². The van der Waals surface area contributed by atoms with E-state index < -0.39 is 7.32 Å². The molecule has 7 heteroatoms. The van der Waals surface area contributed by atoms with Crippen molar-refractivity contribution in [1.29, 1.82) is 0 Å². The van der Waals surface area contributed by atoms with Crippen molar-refractivity contribution in [3.05, 3.63) is 273 Å². The van der Waals surface area contributed by atoms with Gasteiger partial charge in [0.1, 0.15) is 0 Å². The van der Waals surface area contributed by atoms with Gasteiger partial charge in [-0.15, -0.1) is 0 Å². The first-order valence-corrected chi connectivity index (χ1v) is 23.4. The molecule has 0 saturated heterocycles. The van der Waals surface area contributed by atoms with Crippen LogP contribution in [0.5, 0.6) is 0 Å². The van der Waals surface area contributed by atoms with Gasteiger partial charge in [0, 0.05) is 0 Å². The highest BCUT2D eigenvalue weighted by Crippen LogP contribution is 2.33. The van der Waals surface area contributed by atoms with E-state index >= 15 is 0 Å². The minimum absolute atomic E-state index is 0.0146. The van der Waals surface area contributed by atoms with Crippen LogP contribution in [0.15, 0.2) is 317 Å². The predicted molar refractivity (Wildman–Crippen MR) is 250 cm³/mol. The molecule has 0 radical (unpaired) electrons. The maximum absolute atomic E-state index is 8.42. The van der Waals surface area contributed by atoms with Gasteiger partial charge in [0.05, 0.1) is 32.7 Å². The molecule has 61 heavy (non-hydrogen) atoms. The predicted octanol–water partition coefficient (Wildman–Crippen LogP) is 10.4. The Morgan fingerprint density at radius 3 is 0.344 bits per heavy atom. The molecular formula is C54H45BO3S3. The molecule has 0 spiro atoms. The Labute approximate surface area is 369 Å². The van der Waals surface area contributed by atoms with Crippen molar-refractivity contribution in [1.82, 2.24) is 0 Å². The van der Waals surface area contributed by atoms with Crippen molar-refractivity contribution in [2.75, 3.05) is 0 Å². The summed E-state index contributed by atoms with van der Waals surface area (Å²) >= 11 is 0. The van der Waals surface area contributed by atoms with Crippen LogP contribution in [0.25, 0.3) is 0 Å². The molecule has 0 bridgehead atoms. The molecule has 9 aromatic carbocycles. The van der Waals surface area contributed by atoms with Crippen molar-refractivity contribution in [3.63, 3.8) is 0 Å². The van der Waals surface area contributed by atoms with Gasteiger partial charge >= 0.3 is 0 Å². The molecule has 0 aliphatic carbocycles. The lowest BCUT2D eigenvalue weighted by molar-refractivity contribution is -0.479. The topological polar surface area (TPSA) is 69.2 Å². The van der Waals surface area contributed by atoms with E-state index in [0.717, 1.165) is 0 Å². The van der Waals surface area contributed by atoms with Crippen LogP contribution in [-0.2, 0) is 32.7 Å². The fraction of sp³-hybridized carbons (Fsp3) is 0. The van der Waals surface area contributed by atoms with Crippen LogP contribution in [-0.4, -0.2) is 7.32 Å². The molecule has 0 aromatic heterocycles. The zero-order valence-electron chi connectivity index (χ0n) is 33.5. The monoisotopic (exact) mass is 848 g/mol. The molecule has 0 heterocycles. The van der Waals surface area contributed by atoms with Gasteiger partial charge in [0.15, 0.2) is 44.1 Å². The Morgan fingerprint density at radius 2 is 0.262 bits per heavy atom. The van der Waals surface area contributed by atoms with Gasteiger partial charge in [-0.2, -0.15) is 0 Å². The third kappa shape index (κ3) is 14.0. The second-order valence-electron chi connectivity index (χ2n) is 13.0. The lowest BCUT2D eigenvalue weighted by atomic mass is 10.3. The molecule has 0 fully saturated rings. The van der Waals surface area contributed by atoms with Crippen molar-refractivity contribution in [3.8, 4) is 0 Å². The summed E-state index contributed by atoms with van der Waals surface area (Å²) in [6.07, 6.45) is 0. The Hall–Kier alpha value is -6.03. The third-order valence-corrected chi connectivity index (χ3v) is 15.5. The largest absolute Gasteiger partial charge is 0.907 e. The molecule has 0 aliphatic heterocycles. The van der Waals surface area contributed by atoms with E-state index in [9.17, 15) is 0 Å². The number of rotatable bonds is 9. The molecule has 9 rings (SSSR count). The molecule has 9 aromatic rings. The van der Waals surface area contributed by atoms with Crippen molar-refractivity contribution < 1.29 is 15.1 Å². The molecule has 0 N–H and O–H groups in total. The number of benzene rings is 9. The summed E-state index contributed by atoms with van der Waals surface area (Å²) < 4.78 is 0. The summed E-state index contributed by atoms with van der Waals surface area (Å²) in [5.74, 6) is 0. The zero-order valence-corrected chi connectivity index (χ0v) is 36.0. The average molecular weight is 849 g/mol. The van der Waals surface area contributed by atoms with Crippen LogP contribution in [0, 0.1) is 0 Å². The summed E-state index contributed by atoms with van der Waals surface area (Å²) in [4.78, 5) is 12.2. The van der Waals surface area contributed by atoms with Gasteiger partial charge in [-0.3, -0.25) is 7.32 Å². The Morgan fingerprint density at radius 1 is 0.180 bits per heavy atom. The first kappa shape index (κ1) is 44.5.